The molecule has 2 N–H and O–H groups in total. The number of nitrogens with one attached hydrogen (secondary N) is 2. The van der Waals surface area contributed by atoms with Gasteiger partial charge < -0.3 is 5.32 Å². The second kappa shape index (κ2) is 12.9. The maximum absolute atomic E-state index is 4.69. The molecule has 0 spiro atoms. The first-order chi connectivity index (χ1) is 17.7. The molecule has 36 heavy (non-hydrogen) atoms. The second-order valence-corrected chi connectivity index (χ2v) is 9.30. The zero-order valence-electron chi connectivity index (χ0n) is 21.8. The van der Waals surface area contributed by atoms with E-state index in [-0.39, 0.29) is 0 Å². The van der Waals surface area contributed by atoms with Gasteiger partial charge in [0.1, 0.15) is 0 Å². The Labute approximate surface area is 215 Å². The summed E-state index contributed by atoms with van der Waals surface area (Å²) in [6.07, 6.45) is 20.8. The molecular formula is C31H37N5. The summed E-state index contributed by atoms with van der Waals surface area (Å²) in [7, 11) is 0. The van der Waals surface area contributed by atoms with E-state index in [0.717, 1.165) is 58.1 Å². The van der Waals surface area contributed by atoms with Crippen LogP contribution in [-0.4, -0.2) is 26.7 Å². The van der Waals surface area contributed by atoms with Crippen molar-refractivity contribution in [3.8, 4) is 11.4 Å². The van der Waals surface area contributed by atoms with Crippen molar-refractivity contribution in [2.24, 2.45) is 0 Å². The monoisotopic (exact) mass is 479 g/mol. The Bertz CT molecular complexity index is 1290. The molecule has 3 aromatic heterocycles. The summed E-state index contributed by atoms with van der Waals surface area (Å²) in [5.41, 5.74) is 12.8. The van der Waals surface area contributed by atoms with Gasteiger partial charge in [-0.15, -0.1) is 5.73 Å². The van der Waals surface area contributed by atoms with E-state index in [2.05, 4.69) is 57.2 Å². The van der Waals surface area contributed by atoms with Crippen LogP contribution in [0.4, 0.5) is 5.69 Å². The maximum atomic E-state index is 4.69. The van der Waals surface area contributed by atoms with Crippen LogP contribution in [0.5, 0.6) is 0 Å². The smallest absolute Gasteiger partial charge is 0.0919 e. The highest BCUT2D eigenvalue weighted by atomic mass is 15.1. The van der Waals surface area contributed by atoms with Crippen molar-refractivity contribution in [2.75, 3.05) is 11.9 Å². The lowest BCUT2D eigenvalue weighted by Gasteiger charge is -2.09. The number of aromatic nitrogens is 4. The molecule has 5 heteroatoms. The fraction of sp³-hybridized carbons (Fsp3) is 0.355. The molecule has 0 aliphatic heterocycles. The Morgan fingerprint density at radius 1 is 1.11 bits per heavy atom. The lowest BCUT2D eigenvalue weighted by atomic mass is 10.0. The van der Waals surface area contributed by atoms with E-state index in [0.29, 0.717) is 0 Å². The molecule has 0 unspecified atom stereocenters. The highest BCUT2D eigenvalue weighted by Gasteiger charge is 2.13. The Balaban J connectivity index is 1.37. The molecule has 3 heterocycles. The Hall–Kier alpha value is -3.69. The van der Waals surface area contributed by atoms with Crippen LogP contribution in [0.3, 0.4) is 0 Å². The third-order valence-corrected chi connectivity index (χ3v) is 6.49. The first kappa shape index (κ1) is 25.4. The molecule has 0 saturated carbocycles. The van der Waals surface area contributed by atoms with E-state index in [1.54, 1.807) is 5.57 Å². The van der Waals surface area contributed by atoms with E-state index in [4.69, 9.17) is 0 Å². The quantitative estimate of drug-likeness (QED) is 0.157. The minimum absolute atomic E-state index is 0.875. The molecule has 0 bridgehead atoms. The average molecular weight is 480 g/mol. The van der Waals surface area contributed by atoms with Gasteiger partial charge in [0, 0.05) is 28.9 Å². The lowest BCUT2D eigenvalue weighted by molar-refractivity contribution is 0.683. The largest absolute Gasteiger partial charge is 0.384 e. The normalized spacial score (nSPS) is 12.9. The van der Waals surface area contributed by atoms with Gasteiger partial charge in [-0.2, -0.15) is 5.10 Å². The maximum Gasteiger partial charge on any atom is 0.0919 e. The topological polar surface area (TPSA) is 66.5 Å². The highest BCUT2D eigenvalue weighted by molar-refractivity contribution is 5.88. The van der Waals surface area contributed by atoms with Crippen LogP contribution < -0.4 is 5.32 Å². The molecule has 4 rings (SSSR count). The number of unbranched alkanes of at least 4 members (excludes halogenated alkanes) is 3. The number of rotatable bonds is 12. The number of anilines is 1. The highest BCUT2D eigenvalue weighted by Crippen LogP contribution is 2.29. The third-order valence-electron chi connectivity index (χ3n) is 6.49. The first-order valence-electron chi connectivity index (χ1n) is 13.2. The number of allylic oxidation sites excluding steroid dienone is 4. The molecule has 0 saturated heterocycles. The van der Waals surface area contributed by atoms with Gasteiger partial charge in [0.05, 0.1) is 35.2 Å². The van der Waals surface area contributed by atoms with Crippen LogP contribution in [0.2, 0.25) is 0 Å². The van der Waals surface area contributed by atoms with Gasteiger partial charge in [-0.05, 0) is 75.5 Å². The SMILES string of the molecule is CCC/C=C(\CC)CCCCCNc1cnc2c(c1)C=C=C(c1cn[nH]c1-c1cccc(C)n1)C=C2. The van der Waals surface area contributed by atoms with Gasteiger partial charge >= 0.3 is 0 Å². The van der Waals surface area contributed by atoms with Gasteiger partial charge in [0.25, 0.3) is 0 Å². The van der Waals surface area contributed by atoms with Crippen molar-refractivity contribution in [1.82, 2.24) is 20.2 Å². The van der Waals surface area contributed by atoms with Crippen molar-refractivity contribution in [3.05, 3.63) is 82.6 Å². The molecule has 1 aliphatic rings. The van der Waals surface area contributed by atoms with Crippen LogP contribution in [-0.2, 0) is 0 Å². The minimum Gasteiger partial charge on any atom is -0.384 e. The number of hydrogen-bond donors (Lipinski definition) is 2. The average Bonchev–Trinajstić information content (AvgIpc) is 3.29. The molecule has 0 fully saturated rings. The van der Waals surface area contributed by atoms with E-state index in [9.17, 15) is 0 Å². The summed E-state index contributed by atoms with van der Waals surface area (Å²) in [6.45, 7) is 7.47. The van der Waals surface area contributed by atoms with Crippen molar-refractivity contribution < 1.29 is 0 Å². The number of hydrogen-bond acceptors (Lipinski definition) is 4. The summed E-state index contributed by atoms with van der Waals surface area (Å²) in [4.78, 5) is 9.34. The number of aryl methyl sites for hydroxylation is 1. The van der Waals surface area contributed by atoms with Gasteiger partial charge in [-0.25, -0.2) is 0 Å². The van der Waals surface area contributed by atoms with Gasteiger partial charge in [0.15, 0.2) is 0 Å². The zero-order valence-corrected chi connectivity index (χ0v) is 21.8. The molecule has 0 amide bonds. The number of aromatic amines is 1. The second-order valence-electron chi connectivity index (χ2n) is 9.30. The lowest BCUT2D eigenvalue weighted by Crippen LogP contribution is -2.03. The molecule has 0 radical (unpaired) electrons. The molecule has 0 aromatic carbocycles. The predicted molar refractivity (Wildman–Crippen MR) is 151 cm³/mol. The van der Waals surface area contributed by atoms with Gasteiger partial charge in [-0.3, -0.25) is 15.1 Å². The summed E-state index contributed by atoms with van der Waals surface area (Å²) in [5, 5.41) is 10.9. The molecule has 0 atom stereocenters. The standard InChI is InChI=1S/C31H37N5/c1-4-6-12-24(5-2)13-8-7-9-19-32-27-20-26-16-15-25(17-18-29(26)33-21-27)28-22-34-36-31(28)30-14-10-11-23(3)35-30/h10-12,14,16-18,20-22,32H,4-9,13,19H2,1-3H3,(H,34,36)/b24-12+. The van der Waals surface area contributed by atoms with Crippen LogP contribution in [0, 0.1) is 6.92 Å². The molecule has 186 valence electrons. The van der Waals surface area contributed by atoms with Crippen LogP contribution in [0.1, 0.15) is 81.3 Å². The van der Waals surface area contributed by atoms with Crippen LogP contribution in [0.15, 0.2) is 60.1 Å². The number of pyridine rings is 2. The van der Waals surface area contributed by atoms with E-state index in [1.165, 1.54) is 38.5 Å². The summed E-state index contributed by atoms with van der Waals surface area (Å²) in [6, 6.07) is 8.15. The summed E-state index contributed by atoms with van der Waals surface area (Å²) >= 11 is 0. The summed E-state index contributed by atoms with van der Waals surface area (Å²) < 4.78 is 0. The molecular weight excluding hydrogens is 442 g/mol. The van der Waals surface area contributed by atoms with E-state index in [1.807, 2.05) is 55.7 Å². The van der Waals surface area contributed by atoms with Crippen LogP contribution >= 0.6 is 0 Å². The van der Waals surface area contributed by atoms with Gasteiger partial charge in [0.2, 0.25) is 0 Å². The Kier molecular flexibility index (Phi) is 9.07. The molecule has 1 aliphatic carbocycles. The Morgan fingerprint density at radius 3 is 2.86 bits per heavy atom. The fourth-order valence-electron chi connectivity index (χ4n) is 4.40. The van der Waals surface area contributed by atoms with Crippen molar-refractivity contribution in [1.29, 1.82) is 0 Å². The van der Waals surface area contributed by atoms with Crippen LogP contribution in [0.25, 0.3) is 29.1 Å². The Morgan fingerprint density at radius 2 is 2.03 bits per heavy atom. The van der Waals surface area contributed by atoms with E-state index < -0.39 is 0 Å². The number of nitrogens with zero attached hydrogens (tertiary/aromatic N) is 3. The molecule has 5 nitrogen and oxygen atoms in total. The molecule has 3 aromatic rings. The minimum atomic E-state index is 0.875. The predicted octanol–water partition coefficient (Wildman–Crippen LogP) is 8.01. The van der Waals surface area contributed by atoms with Crippen molar-refractivity contribution >= 4 is 23.4 Å². The number of fused-ring (bicyclic) bond motifs is 1. The van der Waals surface area contributed by atoms with Gasteiger partial charge in [-0.1, -0.05) is 44.4 Å². The van der Waals surface area contributed by atoms with E-state index >= 15 is 0 Å². The fourth-order valence-corrected chi connectivity index (χ4v) is 4.40. The van der Waals surface area contributed by atoms with Crippen molar-refractivity contribution in [2.45, 2.75) is 65.7 Å². The summed E-state index contributed by atoms with van der Waals surface area (Å²) in [5.74, 6) is 0. The van der Waals surface area contributed by atoms with Crippen molar-refractivity contribution in [3.63, 3.8) is 0 Å². The third kappa shape index (κ3) is 6.71. The first-order valence-corrected chi connectivity index (χ1v) is 13.2. The number of H-pyrrole nitrogens is 1. The zero-order chi connectivity index (χ0) is 25.2.